The van der Waals surface area contributed by atoms with Crippen LogP contribution < -0.4 is 5.32 Å². The monoisotopic (exact) mass is 524 g/mol. The molecule has 1 saturated carbocycles. The average Bonchev–Trinajstić information content (AvgIpc) is 2.92. The van der Waals surface area contributed by atoms with Crippen LogP contribution in [-0.4, -0.2) is 63.8 Å². The van der Waals surface area contributed by atoms with Crippen LogP contribution in [0.4, 0.5) is 0 Å². The van der Waals surface area contributed by atoms with Crippen molar-refractivity contribution in [1.29, 1.82) is 0 Å². The standard InChI is InChI=1S/C30H40N2O4S/c1-3-27(33)26-16-21-10-7-8-11-22(21)17-32(26)18-29(35)25(19-37-23-12-5-4-6-13-23)31-30(36)24-14-9-15-28(34)20(24)2/h4-6,9,12-15,21-22,25-26,29,34-35H,3,7-8,10-11,16-19H2,1-2H3,(H,31,36)/t21-,22+,25-,26-,29+/m0/s1. The molecule has 6 nitrogen and oxygen atoms in total. The molecule has 2 aromatic carbocycles. The van der Waals surface area contributed by atoms with E-state index >= 15 is 0 Å². The lowest BCUT2D eigenvalue weighted by atomic mass is 9.72. The number of phenolic OH excluding ortho intramolecular Hbond substituents is 1. The summed E-state index contributed by atoms with van der Waals surface area (Å²) in [6.07, 6.45) is 5.40. The number of β-amino-alcohol motifs (C(OH)–C–C–N with tert-alkyl or cyclic N) is 1. The zero-order valence-electron chi connectivity index (χ0n) is 21.9. The Balaban J connectivity index is 1.51. The maximum absolute atomic E-state index is 13.2. The number of benzene rings is 2. The predicted molar refractivity (Wildman–Crippen MR) is 148 cm³/mol. The number of aliphatic hydroxyl groups is 1. The second kappa shape index (κ2) is 12.9. The first-order valence-electron chi connectivity index (χ1n) is 13.6. The number of nitrogens with one attached hydrogen (secondary N) is 1. The number of likely N-dealkylation sites (tertiary alicyclic amines) is 1. The molecule has 2 aliphatic rings. The van der Waals surface area contributed by atoms with Crippen LogP contribution in [0.2, 0.25) is 0 Å². The van der Waals surface area contributed by atoms with Gasteiger partial charge in [0.05, 0.1) is 18.2 Å². The minimum atomic E-state index is -0.843. The number of nitrogens with zero attached hydrogens (tertiary/aromatic N) is 1. The first kappa shape index (κ1) is 27.7. The molecule has 1 aliphatic carbocycles. The fourth-order valence-electron chi connectivity index (χ4n) is 5.91. The molecule has 0 unspecified atom stereocenters. The van der Waals surface area contributed by atoms with Crippen molar-refractivity contribution in [3.63, 3.8) is 0 Å². The molecular formula is C30H40N2O4S. The number of aliphatic hydroxyl groups excluding tert-OH is 1. The number of phenols is 1. The molecule has 0 bridgehead atoms. The number of carbonyl (C=O) groups excluding carboxylic acids is 2. The van der Waals surface area contributed by atoms with E-state index in [1.807, 2.05) is 37.3 Å². The highest BCUT2D eigenvalue weighted by Gasteiger charge is 2.40. The Kier molecular flexibility index (Phi) is 9.68. The van der Waals surface area contributed by atoms with Crippen LogP contribution in [0.3, 0.4) is 0 Å². The Bertz CT molecular complexity index is 1060. The van der Waals surface area contributed by atoms with Gasteiger partial charge in [-0.1, -0.05) is 50.5 Å². The van der Waals surface area contributed by atoms with Crippen molar-refractivity contribution < 1.29 is 19.8 Å². The van der Waals surface area contributed by atoms with Gasteiger partial charge in [-0.05, 0) is 55.9 Å². The van der Waals surface area contributed by atoms with Crippen LogP contribution >= 0.6 is 11.8 Å². The number of carbonyl (C=O) groups is 2. The van der Waals surface area contributed by atoms with Gasteiger partial charge >= 0.3 is 0 Å². The summed E-state index contributed by atoms with van der Waals surface area (Å²) in [5, 5.41) is 24.6. The zero-order chi connectivity index (χ0) is 26.4. The van der Waals surface area contributed by atoms with Crippen LogP contribution in [-0.2, 0) is 4.79 Å². The molecule has 1 amide bonds. The molecule has 37 heavy (non-hydrogen) atoms. The minimum Gasteiger partial charge on any atom is -0.508 e. The van der Waals surface area contributed by atoms with E-state index in [2.05, 4.69) is 10.2 Å². The number of Topliss-reactive ketones (excluding diaryl/α,β-unsaturated/α-hetero) is 1. The van der Waals surface area contributed by atoms with E-state index in [4.69, 9.17) is 0 Å². The van der Waals surface area contributed by atoms with Crippen LogP contribution in [0.1, 0.15) is 61.4 Å². The highest BCUT2D eigenvalue weighted by Crippen LogP contribution is 2.39. The molecule has 0 aromatic heterocycles. The third-order valence-corrected chi connectivity index (χ3v) is 9.28. The summed E-state index contributed by atoms with van der Waals surface area (Å²) in [7, 11) is 0. The molecule has 0 spiro atoms. The molecule has 0 radical (unpaired) electrons. The molecule has 1 saturated heterocycles. The summed E-state index contributed by atoms with van der Waals surface area (Å²) in [4.78, 5) is 29.4. The van der Waals surface area contributed by atoms with E-state index in [0.717, 1.165) is 17.9 Å². The second-order valence-electron chi connectivity index (χ2n) is 10.6. The minimum absolute atomic E-state index is 0.0691. The Morgan fingerprint density at radius 2 is 1.81 bits per heavy atom. The van der Waals surface area contributed by atoms with Gasteiger partial charge in [-0.15, -0.1) is 11.8 Å². The van der Waals surface area contributed by atoms with Gasteiger partial charge < -0.3 is 15.5 Å². The van der Waals surface area contributed by atoms with Crippen molar-refractivity contribution in [1.82, 2.24) is 10.2 Å². The number of piperidine rings is 1. The molecule has 3 N–H and O–H groups in total. The van der Waals surface area contributed by atoms with Crippen LogP contribution in [0, 0.1) is 18.8 Å². The molecule has 4 rings (SSSR count). The lowest BCUT2D eigenvalue weighted by molar-refractivity contribution is -0.128. The van der Waals surface area contributed by atoms with Crippen molar-refractivity contribution in [3.8, 4) is 5.75 Å². The van der Waals surface area contributed by atoms with Crippen molar-refractivity contribution >= 4 is 23.5 Å². The SMILES string of the molecule is CCC(=O)[C@@H]1C[C@@H]2CCCC[C@@H]2CN1C[C@@H](O)[C@H](CSc1ccccc1)NC(=O)c1cccc(O)c1C. The summed E-state index contributed by atoms with van der Waals surface area (Å²) >= 11 is 1.58. The first-order valence-corrected chi connectivity index (χ1v) is 14.6. The number of hydrogen-bond donors (Lipinski definition) is 3. The van der Waals surface area contributed by atoms with Gasteiger partial charge in [-0.2, -0.15) is 0 Å². The van der Waals surface area contributed by atoms with Gasteiger partial charge in [-0.25, -0.2) is 0 Å². The third-order valence-electron chi connectivity index (χ3n) is 8.15. The van der Waals surface area contributed by atoms with Crippen molar-refractivity contribution in [2.24, 2.45) is 11.8 Å². The number of fused-ring (bicyclic) bond motifs is 1. The highest BCUT2D eigenvalue weighted by molar-refractivity contribution is 7.99. The second-order valence-corrected chi connectivity index (χ2v) is 11.6. The smallest absolute Gasteiger partial charge is 0.252 e. The summed E-state index contributed by atoms with van der Waals surface area (Å²) in [6.45, 7) is 4.81. The highest BCUT2D eigenvalue weighted by atomic mass is 32.2. The first-order chi connectivity index (χ1) is 17.9. The van der Waals surface area contributed by atoms with Gasteiger partial charge in [-0.3, -0.25) is 14.5 Å². The molecule has 1 aliphatic heterocycles. The fourth-order valence-corrected chi connectivity index (χ4v) is 6.93. The lowest BCUT2D eigenvalue weighted by Gasteiger charge is -2.46. The average molecular weight is 525 g/mol. The Labute approximate surface area is 224 Å². The van der Waals surface area contributed by atoms with Crippen LogP contribution in [0.5, 0.6) is 5.75 Å². The summed E-state index contributed by atoms with van der Waals surface area (Å²) in [5.41, 5.74) is 0.904. The van der Waals surface area contributed by atoms with E-state index in [1.54, 1.807) is 36.9 Å². The van der Waals surface area contributed by atoms with Crippen molar-refractivity contribution in [2.75, 3.05) is 18.8 Å². The normalized spacial score (nSPS) is 23.6. The van der Waals surface area contributed by atoms with Crippen molar-refractivity contribution in [2.45, 2.75) is 75.5 Å². The van der Waals surface area contributed by atoms with Gasteiger partial charge in [0, 0.05) is 41.3 Å². The van der Waals surface area contributed by atoms with E-state index in [0.29, 0.717) is 41.7 Å². The van der Waals surface area contributed by atoms with Gasteiger partial charge in [0.2, 0.25) is 0 Å². The van der Waals surface area contributed by atoms with E-state index in [1.165, 1.54) is 25.7 Å². The molecule has 7 heteroatoms. The topological polar surface area (TPSA) is 89.9 Å². The molecule has 200 valence electrons. The van der Waals surface area contributed by atoms with Gasteiger partial charge in [0.25, 0.3) is 5.91 Å². The lowest BCUT2D eigenvalue weighted by Crippen LogP contribution is -2.57. The van der Waals surface area contributed by atoms with Gasteiger partial charge in [0.15, 0.2) is 0 Å². The fraction of sp³-hybridized carbons (Fsp3) is 0.533. The quantitative estimate of drug-likeness (QED) is 0.387. The zero-order valence-corrected chi connectivity index (χ0v) is 22.8. The predicted octanol–water partition coefficient (Wildman–Crippen LogP) is 4.81. The van der Waals surface area contributed by atoms with Gasteiger partial charge in [0.1, 0.15) is 11.5 Å². The van der Waals surface area contributed by atoms with E-state index < -0.39 is 12.1 Å². The van der Waals surface area contributed by atoms with Crippen LogP contribution in [0.15, 0.2) is 53.4 Å². The molecule has 2 aromatic rings. The Morgan fingerprint density at radius 3 is 2.54 bits per heavy atom. The van der Waals surface area contributed by atoms with E-state index in [9.17, 15) is 19.8 Å². The number of aromatic hydroxyl groups is 1. The number of amides is 1. The summed E-state index contributed by atoms with van der Waals surface area (Å²) in [6, 6.07) is 14.1. The van der Waals surface area contributed by atoms with Crippen molar-refractivity contribution in [3.05, 3.63) is 59.7 Å². The Morgan fingerprint density at radius 1 is 1.08 bits per heavy atom. The number of rotatable bonds is 10. The number of thioether (sulfide) groups is 1. The molecule has 5 atom stereocenters. The maximum atomic E-state index is 13.2. The molecule has 2 fully saturated rings. The van der Waals surface area contributed by atoms with E-state index in [-0.39, 0.29) is 23.5 Å². The summed E-state index contributed by atoms with van der Waals surface area (Å²) < 4.78 is 0. The number of ketones is 1. The largest absolute Gasteiger partial charge is 0.508 e. The van der Waals surface area contributed by atoms with Crippen LogP contribution in [0.25, 0.3) is 0 Å². The third kappa shape index (κ3) is 6.95. The maximum Gasteiger partial charge on any atom is 0.252 e. The molecule has 1 heterocycles. The Hall–Kier alpha value is -2.35. The number of hydrogen-bond acceptors (Lipinski definition) is 6. The summed E-state index contributed by atoms with van der Waals surface area (Å²) in [5.74, 6) is 1.65. The molecular weight excluding hydrogens is 484 g/mol.